The highest BCUT2D eigenvalue weighted by Crippen LogP contribution is 2.12. The number of hydrogen-bond acceptors (Lipinski definition) is 2. The predicted octanol–water partition coefficient (Wildman–Crippen LogP) is 2.95. The molecule has 0 saturated heterocycles. The van der Waals surface area contributed by atoms with Crippen LogP contribution in [-0.2, 0) is 13.0 Å². The SMILES string of the molecule is C=C(NCc1ccccc1)c1ccc(CCN)cc1. The smallest absolute Gasteiger partial charge is 0.0400 e. The van der Waals surface area contributed by atoms with Crippen LogP contribution < -0.4 is 11.1 Å². The maximum Gasteiger partial charge on any atom is 0.0400 e. The molecule has 0 saturated carbocycles. The van der Waals surface area contributed by atoms with Gasteiger partial charge in [-0.15, -0.1) is 0 Å². The van der Waals surface area contributed by atoms with E-state index in [1.165, 1.54) is 11.1 Å². The van der Waals surface area contributed by atoms with Crippen LogP contribution in [0.1, 0.15) is 16.7 Å². The van der Waals surface area contributed by atoms with Gasteiger partial charge in [0.15, 0.2) is 0 Å². The standard InChI is InChI=1S/C17H20N2/c1-14(19-13-16-5-3-2-4-6-16)17-9-7-15(8-10-17)11-12-18/h2-10,19H,1,11-13,18H2. The van der Waals surface area contributed by atoms with Gasteiger partial charge in [0.05, 0.1) is 0 Å². The lowest BCUT2D eigenvalue weighted by Gasteiger charge is -2.10. The topological polar surface area (TPSA) is 38.0 Å². The van der Waals surface area contributed by atoms with Gasteiger partial charge >= 0.3 is 0 Å². The van der Waals surface area contributed by atoms with Crippen LogP contribution >= 0.6 is 0 Å². The fraction of sp³-hybridized carbons (Fsp3) is 0.176. The summed E-state index contributed by atoms with van der Waals surface area (Å²) >= 11 is 0. The number of nitrogens with two attached hydrogens (primary N) is 1. The maximum absolute atomic E-state index is 5.54. The van der Waals surface area contributed by atoms with Gasteiger partial charge in [0.2, 0.25) is 0 Å². The summed E-state index contributed by atoms with van der Waals surface area (Å²) in [5, 5.41) is 3.35. The minimum absolute atomic E-state index is 0.687. The van der Waals surface area contributed by atoms with Crippen LogP contribution in [0.4, 0.5) is 0 Å². The first-order valence-corrected chi connectivity index (χ1v) is 6.55. The number of benzene rings is 2. The summed E-state index contributed by atoms with van der Waals surface area (Å²) in [7, 11) is 0. The molecule has 0 aliphatic heterocycles. The molecule has 0 atom stereocenters. The molecule has 2 rings (SSSR count). The minimum Gasteiger partial charge on any atom is -0.381 e. The molecule has 2 heteroatoms. The first-order valence-electron chi connectivity index (χ1n) is 6.55. The molecule has 0 aliphatic carbocycles. The van der Waals surface area contributed by atoms with Gasteiger partial charge in [-0.3, -0.25) is 0 Å². The highest BCUT2D eigenvalue weighted by atomic mass is 14.9. The average Bonchev–Trinajstić information content (AvgIpc) is 2.47. The Morgan fingerprint density at radius 1 is 0.947 bits per heavy atom. The molecule has 0 radical (unpaired) electrons. The second-order valence-corrected chi connectivity index (χ2v) is 4.55. The van der Waals surface area contributed by atoms with Gasteiger partial charge in [0, 0.05) is 12.2 Å². The summed E-state index contributed by atoms with van der Waals surface area (Å²) in [5.74, 6) is 0. The molecular formula is C17H20N2. The Morgan fingerprint density at radius 3 is 2.26 bits per heavy atom. The van der Waals surface area contributed by atoms with Gasteiger partial charge in [-0.1, -0.05) is 61.2 Å². The zero-order valence-corrected chi connectivity index (χ0v) is 11.1. The Bertz CT molecular complexity index is 515. The van der Waals surface area contributed by atoms with Crippen molar-refractivity contribution in [2.45, 2.75) is 13.0 Å². The van der Waals surface area contributed by atoms with Crippen LogP contribution in [0.3, 0.4) is 0 Å². The Labute approximate surface area is 115 Å². The number of rotatable bonds is 6. The van der Waals surface area contributed by atoms with E-state index in [4.69, 9.17) is 5.73 Å². The third kappa shape index (κ3) is 3.97. The molecule has 2 aromatic carbocycles. The van der Waals surface area contributed by atoms with E-state index >= 15 is 0 Å². The van der Waals surface area contributed by atoms with Crippen molar-refractivity contribution in [3.05, 3.63) is 77.9 Å². The molecule has 0 bridgehead atoms. The summed E-state index contributed by atoms with van der Waals surface area (Å²) in [6.07, 6.45) is 0.921. The van der Waals surface area contributed by atoms with E-state index < -0.39 is 0 Å². The van der Waals surface area contributed by atoms with Crippen molar-refractivity contribution in [1.82, 2.24) is 5.32 Å². The van der Waals surface area contributed by atoms with Crippen LogP contribution in [0.2, 0.25) is 0 Å². The molecule has 3 N–H and O–H groups in total. The molecule has 0 aromatic heterocycles. The molecule has 98 valence electrons. The Hall–Kier alpha value is -2.06. The monoisotopic (exact) mass is 252 g/mol. The third-order valence-electron chi connectivity index (χ3n) is 3.08. The summed E-state index contributed by atoms with van der Waals surface area (Å²) in [6.45, 7) is 5.56. The molecule has 0 fully saturated rings. The molecule has 0 heterocycles. The molecular weight excluding hydrogens is 232 g/mol. The van der Waals surface area contributed by atoms with E-state index in [2.05, 4.69) is 48.3 Å². The summed E-state index contributed by atoms with van der Waals surface area (Å²) in [5.41, 5.74) is 10.1. The second kappa shape index (κ2) is 6.76. The van der Waals surface area contributed by atoms with Gasteiger partial charge in [-0.05, 0) is 29.7 Å². The fourth-order valence-electron chi connectivity index (χ4n) is 1.95. The van der Waals surface area contributed by atoms with Crippen molar-refractivity contribution in [3.63, 3.8) is 0 Å². The fourth-order valence-corrected chi connectivity index (χ4v) is 1.95. The van der Waals surface area contributed by atoms with Crippen molar-refractivity contribution in [1.29, 1.82) is 0 Å². The lowest BCUT2D eigenvalue weighted by molar-refractivity contribution is 0.891. The van der Waals surface area contributed by atoms with E-state index in [1.807, 2.05) is 18.2 Å². The van der Waals surface area contributed by atoms with Gasteiger partial charge in [-0.2, -0.15) is 0 Å². The lowest BCUT2D eigenvalue weighted by Crippen LogP contribution is -2.10. The van der Waals surface area contributed by atoms with Gasteiger partial charge in [0.1, 0.15) is 0 Å². The van der Waals surface area contributed by atoms with E-state index in [0.29, 0.717) is 6.54 Å². The zero-order valence-electron chi connectivity index (χ0n) is 11.1. The van der Waals surface area contributed by atoms with Crippen LogP contribution in [0.25, 0.3) is 5.70 Å². The largest absolute Gasteiger partial charge is 0.381 e. The number of nitrogens with one attached hydrogen (secondary N) is 1. The maximum atomic E-state index is 5.54. The van der Waals surface area contributed by atoms with E-state index in [-0.39, 0.29) is 0 Å². The van der Waals surface area contributed by atoms with Crippen LogP contribution in [0, 0.1) is 0 Å². The van der Waals surface area contributed by atoms with Crippen molar-refractivity contribution in [3.8, 4) is 0 Å². The molecule has 0 spiro atoms. The third-order valence-corrected chi connectivity index (χ3v) is 3.08. The first kappa shape index (κ1) is 13.4. The highest BCUT2D eigenvalue weighted by molar-refractivity contribution is 5.61. The minimum atomic E-state index is 0.687. The normalized spacial score (nSPS) is 10.2. The Kier molecular flexibility index (Phi) is 4.76. The molecule has 19 heavy (non-hydrogen) atoms. The predicted molar refractivity (Wildman–Crippen MR) is 81.5 cm³/mol. The summed E-state index contributed by atoms with van der Waals surface area (Å²) in [6, 6.07) is 18.7. The van der Waals surface area contributed by atoms with Crippen molar-refractivity contribution in [2.75, 3.05) is 6.54 Å². The van der Waals surface area contributed by atoms with Gasteiger partial charge in [-0.25, -0.2) is 0 Å². The van der Waals surface area contributed by atoms with Gasteiger partial charge in [0.25, 0.3) is 0 Å². The molecule has 2 nitrogen and oxygen atoms in total. The molecule has 0 amide bonds. The second-order valence-electron chi connectivity index (χ2n) is 4.55. The molecule has 0 unspecified atom stereocenters. The van der Waals surface area contributed by atoms with Crippen molar-refractivity contribution in [2.24, 2.45) is 5.73 Å². The van der Waals surface area contributed by atoms with Gasteiger partial charge < -0.3 is 11.1 Å². The molecule has 0 aliphatic rings. The lowest BCUT2D eigenvalue weighted by atomic mass is 10.1. The van der Waals surface area contributed by atoms with Crippen LogP contribution in [0.15, 0.2) is 61.2 Å². The molecule has 2 aromatic rings. The summed E-state index contributed by atoms with van der Waals surface area (Å²) < 4.78 is 0. The Morgan fingerprint density at radius 2 is 1.63 bits per heavy atom. The first-order chi connectivity index (χ1) is 9.29. The van der Waals surface area contributed by atoms with E-state index in [0.717, 1.165) is 24.2 Å². The summed E-state index contributed by atoms with van der Waals surface area (Å²) in [4.78, 5) is 0. The zero-order chi connectivity index (χ0) is 13.5. The van der Waals surface area contributed by atoms with Crippen molar-refractivity contribution >= 4 is 5.70 Å². The van der Waals surface area contributed by atoms with E-state index in [9.17, 15) is 0 Å². The average molecular weight is 252 g/mol. The van der Waals surface area contributed by atoms with E-state index in [1.54, 1.807) is 0 Å². The van der Waals surface area contributed by atoms with Crippen LogP contribution in [-0.4, -0.2) is 6.54 Å². The quantitative estimate of drug-likeness (QED) is 0.829. The van der Waals surface area contributed by atoms with Crippen molar-refractivity contribution < 1.29 is 0 Å². The Balaban J connectivity index is 1.92. The highest BCUT2D eigenvalue weighted by Gasteiger charge is 1.99. The van der Waals surface area contributed by atoms with Crippen LogP contribution in [0.5, 0.6) is 0 Å². The number of hydrogen-bond donors (Lipinski definition) is 2.